The molecule has 1 fully saturated rings. The molecule has 86 heavy (non-hydrogen) atoms. The van der Waals surface area contributed by atoms with Crippen molar-refractivity contribution in [3.8, 4) is 10.6 Å². The molecule has 0 unspecified atom stereocenters. The average Bonchev–Trinajstić information content (AvgIpc) is 2.33. The summed E-state index contributed by atoms with van der Waals surface area (Å²) < 4.78 is 22.0. The number of Topliss-reactive ketones (excluding diaryl/α,β-unsaturated/α-hetero) is 1. The Morgan fingerprint density at radius 1 is 0.651 bits per heavy atom. The van der Waals surface area contributed by atoms with E-state index in [4.69, 9.17) is 19.2 Å². The summed E-state index contributed by atoms with van der Waals surface area (Å²) in [5.74, 6) is 0.101. The number of H-pyrrole nitrogens is 1. The molecule has 0 spiro atoms. The highest BCUT2D eigenvalue weighted by Crippen LogP contribution is 2.32. The minimum absolute atomic E-state index is 0.00214. The Morgan fingerprint density at radius 3 is 1.52 bits per heavy atom. The van der Waals surface area contributed by atoms with Crippen LogP contribution in [0.25, 0.3) is 44.1 Å². The molecule has 0 aromatic carbocycles. The predicted octanol–water partition coefficient (Wildman–Crippen LogP) is 14.2. The normalized spacial score (nSPS) is 14.7. The molecule has 8 heterocycles. The number of rotatable bonds is 20. The van der Waals surface area contributed by atoms with E-state index in [1.807, 2.05) is 42.0 Å². The number of fused-ring (bicyclic) bond motifs is 3. The van der Waals surface area contributed by atoms with Crippen molar-refractivity contribution in [2.75, 3.05) is 26.4 Å². The minimum Gasteiger partial charge on any atom is -0.381 e. The molecule has 7 aromatic heterocycles. The van der Waals surface area contributed by atoms with E-state index < -0.39 is 16.1 Å². The maximum atomic E-state index is 12.9. The molecule has 0 aliphatic carbocycles. The number of carbonyl (C=O) groups is 4. The van der Waals surface area contributed by atoms with Crippen molar-refractivity contribution in [3.05, 3.63) is 80.1 Å². The Kier molecular flexibility index (Phi) is 24.0. The van der Waals surface area contributed by atoms with Crippen LogP contribution in [0, 0.1) is 22.2 Å². The topological polar surface area (TPSA) is 235 Å². The van der Waals surface area contributed by atoms with Crippen LogP contribution in [0.5, 0.6) is 0 Å². The van der Waals surface area contributed by atoms with Gasteiger partial charge >= 0.3 is 0 Å². The van der Waals surface area contributed by atoms with Gasteiger partial charge in [-0.2, -0.15) is 0 Å². The molecular weight excluding hydrogens is 1270 g/mol. The molecule has 19 nitrogen and oxygen atoms in total. The zero-order chi connectivity index (χ0) is 63.7. The minimum atomic E-state index is -1.14. The van der Waals surface area contributed by atoms with Crippen molar-refractivity contribution in [1.82, 2.24) is 60.0 Å². The van der Waals surface area contributed by atoms with Crippen LogP contribution in [0.2, 0.25) is 51.4 Å². The maximum Gasteiger partial charge on any atom is 0.255 e. The quantitative estimate of drug-likeness (QED) is 0.0316. The lowest BCUT2D eigenvalue weighted by Crippen LogP contribution is -2.41. The lowest BCUT2D eigenvalue weighted by Gasteiger charge is -2.27. The van der Waals surface area contributed by atoms with Crippen LogP contribution < -0.4 is 16.0 Å². The van der Waals surface area contributed by atoms with Crippen LogP contribution in [-0.4, -0.2) is 128 Å². The Hall–Kier alpha value is -5.09. The highest BCUT2D eigenvalue weighted by atomic mass is 79.9. The maximum absolute atomic E-state index is 12.9. The van der Waals surface area contributed by atoms with E-state index in [2.05, 4.69) is 179 Å². The van der Waals surface area contributed by atoms with Gasteiger partial charge in [0.25, 0.3) is 17.7 Å². The number of thiophene rings is 1. The van der Waals surface area contributed by atoms with E-state index in [0.717, 1.165) is 47.9 Å². The molecule has 1 saturated heterocycles. The Morgan fingerprint density at radius 2 is 1.09 bits per heavy atom. The van der Waals surface area contributed by atoms with Gasteiger partial charge in [0.05, 0.1) is 50.7 Å². The molecular formula is C62H92Br2N12O7SSi2. The SMILES string of the molecule is C[C@H](NC(=O)c1c[nH]c2ncc(-c3ccc(C(=O)CC4CCOCC4)s3)nc12)C(C)(C)C.C[C@H](NC(=O)c1cn(COCC[Si](C)(C)C)c2ncc(Br)nc12)C(C)(C)C.C[C@H](NC(=O)c1cn(COCC[Si](C)(C)C)c2ncc(Br)nc12)C(C)(C)C. The Labute approximate surface area is 530 Å². The number of aromatic nitrogens is 9. The van der Waals surface area contributed by atoms with Gasteiger partial charge in [-0.05, 0) is 112 Å². The van der Waals surface area contributed by atoms with E-state index in [-0.39, 0.29) is 57.9 Å². The largest absolute Gasteiger partial charge is 0.381 e. The van der Waals surface area contributed by atoms with E-state index in [1.165, 1.54) is 11.3 Å². The summed E-state index contributed by atoms with van der Waals surface area (Å²) in [4.78, 5) is 82.9. The summed E-state index contributed by atoms with van der Waals surface area (Å²) in [7, 11) is -2.28. The monoisotopic (exact) mass is 1360 g/mol. The third-order valence-electron chi connectivity index (χ3n) is 15.5. The number of ether oxygens (including phenoxy) is 3. The van der Waals surface area contributed by atoms with Crippen molar-refractivity contribution in [1.29, 1.82) is 0 Å². The Bertz CT molecular complexity index is 3310. The molecule has 0 bridgehead atoms. The molecule has 8 rings (SSSR count). The first kappa shape index (κ1) is 70.0. The average molecular weight is 1370 g/mol. The first-order chi connectivity index (χ1) is 40.0. The number of hydrogen-bond acceptors (Lipinski definition) is 14. The van der Waals surface area contributed by atoms with Gasteiger partial charge in [-0.3, -0.25) is 19.2 Å². The fourth-order valence-electron chi connectivity index (χ4n) is 8.27. The molecule has 470 valence electrons. The second-order valence-corrected chi connectivity index (χ2v) is 42.1. The lowest BCUT2D eigenvalue weighted by atomic mass is 9.88. The first-order valence-corrected chi connectivity index (χ1v) is 39.5. The summed E-state index contributed by atoms with van der Waals surface area (Å²) in [6.07, 6.45) is 12.6. The molecule has 3 amide bonds. The smallest absolute Gasteiger partial charge is 0.255 e. The van der Waals surface area contributed by atoms with E-state index in [0.29, 0.717) is 104 Å². The lowest BCUT2D eigenvalue weighted by molar-refractivity contribution is 0.0602. The summed E-state index contributed by atoms with van der Waals surface area (Å²) in [6, 6.07) is 6.01. The number of amides is 3. The van der Waals surface area contributed by atoms with Crippen LogP contribution in [0.15, 0.2) is 58.5 Å². The zero-order valence-corrected chi connectivity index (χ0v) is 59.8. The fourth-order valence-corrected chi connectivity index (χ4v) is 11.2. The highest BCUT2D eigenvalue weighted by molar-refractivity contribution is 9.10. The fraction of sp³-hybridized carbons (Fsp3) is 0.581. The predicted molar refractivity (Wildman–Crippen MR) is 358 cm³/mol. The molecule has 0 radical (unpaired) electrons. The van der Waals surface area contributed by atoms with Gasteiger partial charge < -0.3 is 44.3 Å². The summed E-state index contributed by atoms with van der Waals surface area (Å²) in [5, 5.41) is 9.21. The van der Waals surface area contributed by atoms with Crippen LogP contribution in [0.3, 0.4) is 0 Å². The van der Waals surface area contributed by atoms with Gasteiger partial charge in [0.15, 0.2) is 22.7 Å². The molecule has 7 aromatic rings. The summed E-state index contributed by atoms with van der Waals surface area (Å²) in [5.41, 5.74) is 5.62. The summed E-state index contributed by atoms with van der Waals surface area (Å²) >= 11 is 8.13. The van der Waals surface area contributed by atoms with Crippen molar-refractivity contribution in [3.63, 3.8) is 0 Å². The number of hydrogen-bond donors (Lipinski definition) is 4. The number of aromatic amines is 1. The molecule has 1 aliphatic rings. The Balaban J connectivity index is 0.000000208. The van der Waals surface area contributed by atoms with E-state index in [1.54, 1.807) is 37.2 Å². The number of halogens is 2. The standard InChI is InChI=1S/C24H30N4O3S.2C19H31BrN4O2Si/c1-14(24(2,3)4)27-23(30)16-12-25-22-21(16)28-17(13-26-22)19-5-6-20(32-19)18(29)11-15-7-9-31-10-8-15;2*1-13(19(2,3)4)22-18(25)14-11-24(12-26-8-9-27(5,6)7)17-16(14)23-15(20)10-21-17/h5-6,12-15H,7-11H2,1-4H3,(H,25,26)(H,27,30);2*10-11,13H,8-9,12H2,1-7H3,(H,22,25)/t14-;2*13-/m000/s1. The van der Waals surface area contributed by atoms with Crippen molar-refractivity contribution in [2.45, 2.75) is 185 Å². The highest BCUT2D eigenvalue weighted by Gasteiger charge is 2.29. The van der Waals surface area contributed by atoms with E-state index >= 15 is 0 Å². The third kappa shape index (κ3) is 20.2. The van der Waals surface area contributed by atoms with Gasteiger partial charge in [0.1, 0.15) is 39.2 Å². The number of nitrogens with one attached hydrogen (secondary N) is 4. The molecule has 1 aliphatic heterocycles. The van der Waals surface area contributed by atoms with Gasteiger partial charge in [0, 0.05) is 85.7 Å². The van der Waals surface area contributed by atoms with Crippen LogP contribution in [-0.2, 0) is 27.7 Å². The number of ketones is 1. The molecule has 0 saturated carbocycles. The van der Waals surface area contributed by atoms with Gasteiger partial charge in [0.2, 0.25) is 0 Å². The van der Waals surface area contributed by atoms with Crippen LogP contribution in [0.1, 0.15) is 143 Å². The van der Waals surface area contributed by atoms with E-state index in [9.17, 15) is 19.2 Å². The molecule has 24 heteroatoms. The molecule has 3 atom stereocenters. The van der Waals surface area contributed by atoms with Crippen molar-refractivity contribution >= 4 is 116 Å². The second-order valence-electron chi connectivity index (χ2n) is 28.1. The van der Waals surface area contributed by atoms with Crippen LogP contribution >= 0.6 is 43.2 Å². The zero-order valence-electron chi connectivity index (χ0n) is 53.8. The van der Waals surface area contributed by atoms with Gasteiger partial charge in [-0.15, -0.1) is 11.3 Å². The van der Waals surface area contributed by atoms with Gasteiger partial charge in [-0.1, -0.05) is 102 Å². The third-order valence-corrected chi connectivity index (χ3v) is 20.8. The number of nitrogens with zero attached hydrogens (tertiary/aromatic N) is 8. The summed E-state index contributed by atoms with van der Waals surface area (Å²) in [6.45, 7) is 42.4. The van der Waals surface area contributed by atoms with Crippen LogP contribution in [0.4, 0.5) is 0 Å². The number of carbonyl (C=O) groups excluding carboxylic acids is 4. The second kappa shape index (κ2) is 29.5. The first-order valence-electron chi connectivity index (χ1n) is 29.6. The molecule has 4 N–H and O–H groups in total. The van der Waals surface area contributed by atoms with Gasteiger partial charge in [-0.25, -0.2) is 29.9 Å². The van der Waals surface area contributed by atoms with Crippen molar-refractivity contribution < 1.29 is 33.4 Å². The van der Waals surface area contributed by atoms with Crippen molar-refractivity contribution in [2.24, 2.45) is 22.2 Å².